The number of benzene rings is 1. The van der Waals surface area contributed by atoms with Crippen molar-refractivity contribution >= 4 is 5.91 Å². The molecule has 1 aromatic carbocycles. The number of amides is 1. The molecule has 1 atom stereocenters. The lowest BCUT2D eigenvalue weighted by atomic mass is 9.98. The lowest BCUT2D eigenvalue weighted by molar-refractivity contribution is -0.131. The summed E-state index contributed by atoms with van der Waals surface area (Å²) in [5, 5.41) is 11.8. The van der Waals surface area contributed by atoms with Crippen molar-refractivity contribution in [1.82, 2.24) is 10.2 Å². The van der Waals surface area contributed by atoms with Crippen molar-refractivity contribution in [3.8, 4) is 5.75 Å². The largest absolute Gasteiger partial charge is 0.494 e. The average Bonchev–Trinajstić information content (AvgIpc) is 2.51. The fourth-order valence-electron chi connectivity index (χ4n) is 2.63. The molecule has 134 valence electrons. The molecule has 1 aliphatic rings. The molecule has 2 N–H and O–H groups in total. The Labute approximate surface area is 145 Å². The zero-order valence-electron chi connectivity index (χ0n) is 15.0. The SMILES string of the molecule is CC(C)CCOc1ccc(CN2CC(C(=O)NC(C)CO)C2)cc1. The molecule has 5 nitrogen and oxygen atoms in total. The van der Waals surface area contributed by atoms with E-state index in [-0.39, 0.29) is 24.5 Å². The first-order valence-corrected chi connectivity index (χ1v) is 8.83. The van der Waals surface area contributed by atoms with Crippen LogP contribution in [0.15, 0.2) is 24.3 Å². The summed E-state index contributed by atoms with van der Waals surface area (Å²) in [6, 6.07) is 8.04. The van der Waals surface area contributed by atoms with E-state index in [0.29, 0.717) is 5.92 Å². The number of ether oxygens (including phenoxy) is 1. The van der Waals surface area contributed by atoms with Crippen LogP contribution in [0.2, 0.25) is 0 Å². The zero-order valence-corrected chi connectivity index (χ0v) is 15.0. The molecule has 1 heterocycles. The number of carbonyl (C=O) groups excluding carboxylic acids is 1. The second-order valence-electron chi connectivity index (χ2n) is 7.16. The Hall–Kier alpha value is -1.59. The number of hydrogen-bond donors (Lipinski definition) is 2. The smallest absolute Gasteiger partial charge is 0.225 e. The van der Waals surface area contributed by atoms with E-state index >= 15 is 0 Å². The van der Waals surface area contributed by atoms with Crippen LogP contribution in [0.5, 0.6) is 5.75 Å². The van der Waals surface area contributed by atoms with Gasteiger partial charge in [0.05, 0.1) is 19.1 Å². The van der Waals surface area contributed by atoms with Gasteiger partial charge in [-0.05, 0) is 37.0 Å². The predicted molar refractivity (Wildman–Crippen MR) is 94.8 cm³/mol. The third-order valence-electron chi connectivity index (χ3n) is 4.28. The van der Waals surface area contributed by atoms with Crippen LogP contribution in [0.3, 0.4) is 0 Å². The van der Waals surface area contributed by atoms with Gasteiger partial charge in [-0.25, -0.2) is 0 Å². The third kappa shape index (κ3) is 5.80. The van der Waals surface area contributed by atoms with Crippen LogP contribution in [-0.2, 0) is 11.3 Å². The molecule has 0 aliphatic carbocycles. The Morgan fingerprint density at radius 1 is 1.29 bits per heavy atom. The zero-order chi connectivity index (χ0) is 17.5. The Balaban J connectivity index is 1.69. The normalized spacial score (nSPS) is 16.7. The van der Waals surface area contributed by atoms with Gasteiger partial charge in [-0.1, -0.05) is 26.0 Å². The molecular weight excluding hydrogens is 304 g/mol. The molecule has 0 aromatic heterocycles. The lowest BCUT2D eigenvalue weighted by Gasteiger charge is -2.38. The molecule has 0 spiro atoms. The average molecular weight is 334 g/mol. The molecule has 2 rings (SSSR count). The second kappa shape index (κ2) is 9.04. The third-order valence-corrected chi connectivity index (χ3v) is 4.28. The number of nitrogens with zero attached hydrogens (tertiary/aromatic N) is 1. The molecule has 1 fully saturated rings. The predicted octanol–water partition coefficient (Wildman–Crippen LogP) is 2.04. The molecule has 5 heteroatoms. The molecular formula is C19H30N2O3. The standard InChI is InChI=1S/C19H30N2O3/c1-14(2)8-9-24-18-6-4-16(5-7-18)10-21-11-17(12-21)19(23)20-15(3)13-22/h4-7,14-15,17,22H,8-13H2,1-3H3,(H,20,23). The van der Waals surface area contributed by atoms with Crippen molar-refractivity contribution in [2.24, 2.45) is 11.8 Å². The minimum Gasteiger partial charge on any atom is -0.494 e. The van der Waals surface area contributed by atoms with Crippen LogP contribution in [0.25, 0.3) is 0 Å². The maximum Gasteiger partial charge on any atom is 0.225 e. The van der Waals surface area contributed by atoms with Crippen LogP contribution in [0.1, 0.15) is 32.8 Å². The summed E-state index contributed by atoms with van der Waals surface area (Å²) in [4.78, 5) is 14.2. The van der Waals surface area contributed by atoms with Crippen LogP contribution in [0, 0.1) is 11.8 Å². The molecule has 1 unspecified atom stereocenters. The Morgan fingerprint density at radius 2 is 1.96 bits per heavy atom. The number of aliphatic hydroxyl groups is 1. The van der Waals surface area contributed by atoms with E-state index < -0.39 is 0 Å². The van der Waals surface area contributed by atoms with Crippen molar-refractivity contribution in [2.45, 2.75) is 39.8 Å². The van der Waals surface area contributed by atoms with E-state index in [2.05, 4.69) is 36.2 Å². The van der Waals surface area contributed by atoms with Crippen LogP contribution in [0.4, 0.5) is 0 Å². The first kappa shape index (κ1) is 18.7. The number of hydrogen-bond acceptors (Lipinski definition) is 4. The number of rotatable bonds is 9. The number of aliphatic hydroxyl groups excluding tert-OH is 1. The molecule has 1 aromatic rings. The molecule has 1 aliphatic heterocycles. The van der Waals surface area contributed by atoms with Gasteiger partial charge in [0.1, 0.15) is 5.75 Å². The highest BCUT2D eigenvalue weighted by Gasteiger charge is 2.32. The van der Waals surface area contributed by atoms with Gasteiger partial charge in [0.15, 0.2) is 0 Å². The Bertz CT molecular complexity index is 510. The minimum atomic E-state index is -0.171. The maximum atomic E-state index is 11.9. The highest BCUT2D eigenvalue weighted by atomic mass is 16.5. The van der Waals surface area contributed by atoms with E-state index in [0.717, 1.165) is 38.4 Å². The molecule has 24 heavy (non-hydrogen) atoms. The van der Waals surface area contributed by atoms with Gasteiger partial charge >= 0.3 is 0 Å². The monoisotopic (exact) mass is 334 g/mol. The summed E-state index contributed by atoms with van der Waals surface area (Å²) in [5.41, 5.74) is 1.23. The first-order valence-electron chi connectivity index (χ1n) is 8.83. The van der Waals surface area contributed by atoms with Gasteiger partial charge in [-0.15, -0.1) is 0 Å². The molecule has 0 bridgehead atoms. The van der Waals surface area contributed by atoms with Crippen molar-refractivity contribution in [3.63, 3.8) is 0 Å². The summed E-state index contributed by atoms with van der Waals surface area (Å²) in [6.07, 6.45) is 1.06. The molecule has 1 amide bonds. The maximum absolute atomic E-state index is 11.9. The number of likely N-dealkylation sites (tertiary alicyclic amines) is 1. The van der Waals surface area contributed by atoms with Crippen molar-refractivity contribution < 1.29 is 14.6 Å². The minimum absolute atomic E-state index is 0.0201. The van der Waals surface area contributed by atoms with Crippen molar-refractivity contribution in [3.05, 3.63) is 29.8 Å². The highest BCUT2D eigenvalue weighted by molar-refractivity contribution is 5.80. The fourth-order valence-corrected chi connectivity index (χ4v) is 2.63. The van der Waals surface area contributed by atoms with Crippen LogP contribution < -0.4 is 10.1 Å². The Kier molecular flexibility index (Phi) is 7.06. The Morgan fingerprint density at radius 3 is 2.54 bits per heavy atom. The van der Waals surface area contributed by atoms with Gasteiger partial charge in [-0.2, -0.15) is 0 Å². The van der Waals surface area contributed by atoms with Gasteiger partial charge in [-0.3, -0.25) is 9.69 Å². The summed E-state index contributed by atoms with van der Waals surface area (Å²) >= 11 is 0. The van der Waals surface area contributed by atoms with Gasteiger partial charge in [0.2, 0.25) is 5.91 Å². The topological polar surface area (TPSA) is 61.8 Å². The first-order chi connectivity index (χ1) is 11.5. The van der Waals surface area contributed by atoms with Gasteiger partial charge in [0.25, 0.3) is 0 Å². The summed E-state index contributed by atoms with van der Waals surface area (Å²) in [5.74, 6) is 1.65. The molecule has 1 saturated heterocycles. The van der Waals surface area contributed by atoms with Gasteiger partial charge in [0, 0.05) is 25.7 Å². The lowest BCUT2D eigenvalue weighted by Crippen LogP contribution is -2.54. The van der Waals surface area contributed by atoms with E-state index in [1.807, 2.05) is 12.1 Å². The van der Waals surface area contributed by atoms with E-state index in [1.165, 1.54) is 5.56 Å². The van der Waals surface area contributed by atoms with E-state index in [9.17, 15) is 4.79 Å². The number of nitrogens with one attached hydrogen (secondary N) is 1. The van der Waals surface area contributed by atoms with Crippen LogP contribution in [-0.4, -0.2) is 48.3 Å². The second-order valence-corrected chi connectivity index (χ2v) is 7.16. The fraction of sp³-hybridized carbons (Fsp3) is 0.632. The quantitative estimate of drug-likeness (QED) is 0.725. The van der Waals surface area contributed by atoms with E-state index in [1.54, 1.807) is 6.92 Å². The molecule has 0 radical (unpaired) electrons. The molecule has 0 saturated carbocycles. The van der Waals surface area contributed by atoms with Gasteiger partial charge < -0.3 is 15.2 Å². The van der Waals surface area contributed by atoms with E-state index in [4.69, 9.17) is 9.84 Å². The van der Waals surface area contributed by atoms with Crippen molar-refractivity contribution in [1.29, 1.82) is 0 Å². The number of carbonyl (C=O) groups is 1. The summed E-state index contributed by atoms with van der Waals surface area (Å²) < 4.78 is 5.73. The summed E-state index contributed by atoms with van der Waals surface area (Å²) in [7, 11) is 0. The van der Waals surface area contributed by atoms with Crippen LogP contribution >= 0.6 is 0 Å². The highest BCUT2D eigenvalue weighted by Crippen LogP contribution is 2.20. The van der Waals surface area contributed by atoms with Crippen molar-refractivity contribution in [2.75, 3.05) is 26.3 Å². The summed E-state index contributed by atoms with van der Waals surface area (Å²) in [6.45, 7) is 9.33.